The number of ether oxygens (including phenoxy) is 1. The van der Waals surface area contributed by atoms with Crippen LogP contribution in [0.1, 0.15) is 27.9 Å². The van der Waals surface area contributed by atoms with Crippen molar-refractivity contribution in [2.45, 2.75) is 25.1 Å². The number of fused-ring (bicyclic) bond motifs is 2. The lowest BCUT2D eigenvalue weighted by Gasteiger charge is -2.21. The van der Waals surface area contributed by atoms with Crippen molar-refractivity contribution < 1.29 is 27.1 Å². The van der Waals surface area contributed by atoms with E-state index in [0.717, 1.165) is 17.7 Å². The molecule has 3 heterocycles. The maximum absolute atomic E-state index is 14.2. The standard InChI is InChI=1S/C21H17F4N3O3/c1-10-6-27-18(29)16-13(7-26-17(10)16)19(30)28-8-12-5-20(12,9-28)11-2-3-15(14(22)4-11)31-21(23,24)25/h2-4,6-7,12,26H,5,8-9H2,1H3,(H,27,29). The summed E-state index contributed by atoms with van der Waals surface area (Å²) in [6.07, 6.45) is -1.19. The summed E-state index contributed by atoms with van der Waals surface area (Å²) in [6.45, 7) is 2.53. The first-order valence-electron chi connectivity index (χ1n) is 9.63. The van der Waals surface area contributed by atoms with Gasteiger partial charge in [-0.1, -0.05) is 6.07 Å². The third kappa shape index (κ3) is 3.08. The van der Waals surface area contributed by atoms with Crippen LogP contribution in [0.25, 0.3) is 10.9 Å². The minimum atomic E-state index is -4.98. The fraction of sp³-hybridized carbons (Fsp3) is 0.333. The highest BCUT2D eigenvalue weighted by Crippen LogP contribution is 2.59. The number of H-pyrrole nitrogens is 2. The summed E-state index contributed by atoms with van der Waals surface area (Å²) >= 11 is 0. The predicted molar refractivity (Wildman–Crippen MR) is 102 cm³/mol. The second-order valence-corrected chi connectivity index (χ2v) is 8.19. The summed E-state index contributed by atoms with van der Waals surface area (Å²) in [6, 6.07) is 3.43. The van der Waals surface area contributed by atoms with Crippen molar-refractivity contribution in [1.82, 2.24) is 14.9 Å². The number of hydrogen-bond acceptors (Lipinski definition) is 3. The number of rotatable bonds is 3. The van der Waals surface area contributed by atoms with Crippen LogP contribution in [0.2, 0.25) is 0 Å². The van der Waals surface area contributed by atoms with Crippen LogP contribution in [0, 0.1) is 18.7 Å². The van der Waals surface area contributed by atoms with Crippen LogP contribution < -0.4 is 10.3 Å². The Morgan fingerprint density at radius 3 is 2.74 bits per heavy atom. The molecule has 31 heavy (non-hydrogen) atoms. The molecule has 1 aliphatic carbocycles. The smallest absolute Gasteiger partial charge is 0.403 e. The number of aromatic amines is 2. The zero-order chi connectivity index (χ0) is 22.1. The zero-order valence-corrected chi connectivity index (χ0v) is 16.3. The number of carbonyl (C=O) groups is 1. The van der Waals surface area contributed by atoms with Gasteiger partial charge in [-0.05, 0) is 42.5 Å². The number of benzene rings is 1. The van der Waals surface area contributed by atoms with Gasteiger partial charge in [0.25, 0.3) is 11.5 Å². The van der Waals surface area contributed by atoms with E-state index in [-0.39, 0.29) is 22.9 Å². The van der Waals surface area contributed by atoms with Crippen molar-refractivity contribution in [3.05, 3.63) is 63.5 Å². The Morgan fingerprint density at radius 2 is 2.03 bits per heavy atom. The molecule has 1 aromatic carbocycles. The van der Waals surface area contributed by atoms with E-state index in [0.29, 0.717) is 36.0 Å². The fourth-order valence-corrected chi connectivity index (χ4v) is 4.73. The number of aryl methyl sites for hydroxylation is 1. The van der Waals surface area contributed by atoms with E-state index in [1.807, 2.05) is 6.92 Å². The number of aromatic nitrogens is 2. The second-order valence-electron chi connectivity index (χ2n) is 8.19. The van der Waals surface area contributed by atoms with E-state index in [9.17, 15) is 27.2 Å². The first kappa shape index (κ1) is 19.7. The van der Waals surface area contributed by atoms with Crippen LogP contribution in [0.5, 0.6) is 5.75 Å². The molecule has 1 aliphatic heterocycles. The summed E-state index contributed by atoms with van der Waals surface area (Å²) < 4.78 is 55.1. The number of likely N-dealkylation sites (tertiary alicyclic amines) is 1. The van der Waals surface area contributed by atoms with Gasteiger partial charge < -0.3 is 19.6 Å². The molecular formula is C21H17F4N3O3. The second kappa shape index (κ2) is 6.35. The van der Waals surface area contributed by atoms with Gasteiger partial charge in [0.15, 0.2) is 11.6 Å². The largest absolute Gasteiger partial charge is 0.573 e. The van der Waals surface area contributed by atoms with Crippen molar-refractivity contribution >= 4 is 16.8 Å². The number of nitrogens with zero attached hydrogens (tertiary/aromatic N) is 1. The average molecular weight is 435 g/mol. The van der Waals surface area contributed by atoms with E-state index in [4.69, 9.17) is 0 Å². The minimum Gasteiger partial charge on any atom is -0.403 e. The number of halogens is 4. The summed E-state index contributed by atoms with van der Waals surface area (Å²) in [5, 5.41) is 0.291. The van der Waals surface area contributed by atoms with Crippen molar-refractivity contribution in [3.63, 3.8) is 0 Å². The molecule has 2 unspecified atom stereocenters. The van der Waals surface area contributed by atoms with E-state index < -0.39 is 23.3 Å². The topological polar surface area (TPSA) is 78.2 Å². The number of amides is 1. The SMILES string of the molecule is Cc1c[nH]c(=O)c2c(C(=O)N3CC4CC4(c4ccc(OC(F)(F)F)c(F)c4)C3)c[nH]c12. The molecular weight excluding hydrogens is 418 g/mol. The Kier molecular flexibility index (Phi) is 4.03. The molecule has 1 saturated heterocycles. The highest BCUT2D eigenvalue weighted by atomic mass is 19.4. The number of hydrogen-bond donors (Lipinski definition) is 2. The van der Waals surface area contributed by atoms with Gasteiger partial charge in [-0.15, -0.1) is 13.2 Å². The van der Waals surface area contributed by atoms with E-state index in [2.05, 4.69) is 14.7 Å². The maximum atomic E-state index is 14.2. The van der Waals surface area contributed by atoms with Crippen molar-refractivity contribution in [1.29, 1.82) is 0 Å². The molecule has 1 amide bonds. The normalized spacial score (nSPS) is 22.6. The van der Waals surface area contributed by atoms with Crippen LogP contribution in [-0.2, 0) is 5.41 Å². The summed E-state index contributed by atoms with van der Waals surface area (Å²) in [7, 11) is 0. The lowest BCUT2D eigenvalue weighted by molar-refractivity contribution is -0.275. The molecule has 162 valence electrons. The molecule has 0 radical (unpaired) electrons. The van der Waals surface area contributed by atoms with Gasteiger partial charge in [0.1, 0.15) is 0 Å². The van der Waals surface area contributed by atoms with Gasteiger partial charge in [0.05, 0.1) is 16.5 Å². The number of carbonyl (C=O) groups excluding carboxylic acids is 1. The molecule has 0 spiro atoms. The third-order valence-corrected chi connectivity index (χ3v) is 6.32. The van der Waals surface area contributed by atoms with Crippen LogP contribution in [-0.4, -0.2) is 40.2 Å². The number of nitrogens with one attached hydrogen (secondary N) is 2. The van der Waals surface area contributed by atoms with Crippen LogP contribution in [0.4, 0.5) is 17.6 Å². The highest BCUT2D eigenvalue weighted by Gasteiger charge is 2.61. The molecule has 0 bridgehead atoms. The summed E-state index contributed by atoms with van der Waals surface area (Å²) in [4.78, 5) is 32.6. The van der Waals surface area contributed by atoms with Gasteiger partial charge in [0.2, 0.25) is 0 Å². The van der Waals surface area contributed by atoms with Crippen molar-refractivity contribution in [3.8, 4) is 5.75 Å². The summed E-state index contributed by atoms with van der Waals surface area (Å²) in [5.74, 6) is -2.22. The molecule has 2 N–H and O–H groups in total. The average Bonchev–Trinajstić information content (AvgIpc) is 3.06. The van der Waals surface area contributed by atoms with Gasteiger partial charge >= 0.3 is 6.36 Å². The van der Waals surface area contributed by atoms with Crippen molar-refractivity contribution in [2.75, 3.05) is 13.1 Å². The minimum absolute atomic E-state index is 0.0791. The van der Waals surface area contributed by atoms with E-state index in [1.165, 1.54) is 12.3 Å². The Balaban J connectivity index is 1.41. The Morgan fingerprint density at radius 1 is 1.26 bits per heavy atom. The first-order chi connectivity index (χ1) is 14.6. The first-order valence-corrected chi connectivity index (χ1v) is 9.63. The molecule has 3 aromatic rings. The molecule has 2 fully saturated rings. The molecule has 2 aromatic heterocycles. The zero-order valence-electron chi connectivity index (χ0n) is 16.3. The van der Waals surface area contributed by atoms with Crippen molar-refractivity contribution in [2.24, 2.45) is 5.92 Å². The van der Waals surface area contributed by atoms with Gasteiger partial charge in [-0.25, -0.2) is 4.39 Å². The molecule has 1 saturated carbocycles. The van der Waals surface area contributed by atoms with E-state index >= 15 is 0 Å². The monoisotopic (exact) mass is 435 g/mol. The van der Waals surface area contributed by atoms with Crippen LogP contribution >= 0.6 is 0 Å². The third-order valence-electron chi connectivity index (χ3n) is 6.32. The number of alkyl halides is 3. The van der Waals surface area contributed by atoms with Crippen LogP contribution in [0.3, 0.4) is 0 Å². The Bertz CT molecular complexity index is 1280. The molecule has 2 aliphatic rings. The maximum Gasteiger partial charge on any atom is 0.573 e. The quantitative estimate of drug-likeness (QED) is 0.617. The Labute approximate surface area is 172 Å². The van der Waals surface area contributed by atoms with Gasteiger partial charge in [0, 0.05) is 30.9 Å². The van der Waals surface area contributed by atoms with Gasteiger partial charge in [-0.2, -0.15) is 0 Å². The number of pyridine rings is 1. The molecule has 6 nitrogen and oxygen atoms in total. The van der Waals surface area contributed by atoms with Crippen LogP contribution in [0.15, 0.2) is 35.4 Å². The van der Waals surface area contributed by atoms with Gasteiger partial charge in [-0.3, -0.25) is 9.59 Å². The lowest BCUT2D eigenvalue weighted by Crippen LogP contribution is -2.33. The van der Waals surface area contributed by atoms with E-state index in [1.54, 1.807) is 11.1 Å². The molecule has 5 rings (SSSR count). The summed E-state index contributed by atoms with van der Waals surface area (Å²) in [5.41, 5.74) is 1.32. The highest BCUT2D eigenvalue weighted by molar-refractivity contribution is 6.07. The lowest BCUT2D eigenvalue weighted by atomic mass is 9.94. The Hall–Kier alpha value is -3.30. The fourth-order valence-electron chi connectivity index (χ4n) is 4.73. The molecule has 2 atom stereocenters. The molecule has 10 heteroatoms. The predicted octanol–water partition coefficient (Wildman–Crippen LogP) is 3.62. The number of piperidine rings is 1.